The summed E-state index contributed by atoms with van der Waals surface area (Å²) in [6.07, 6.45) is 1.85. The van der Waals surface area contributed by atoms with E-state index in [-0.39, 0.29) is 4.90 Å². The van der Waals surface area contributed by atoms with E-state index in [1.54, 1.807) is 22.7 Å². The topological polar surface area (TPSA) is 117 Å². The van der Waals surface area contributed by atoms with Crippen molar-refractivity contribution in [1.29, 1.82) is 0 Å². The van der Waals surface area contributed by atoms with E-state index in [0.717, 1.165) is 37.6 Å². The zero-order valence-corrected chi connectivity index (χ0v) is 21.4. The van der Waals surface area contributed by atoms with Gasteiger partial charge in [0, 0.05) is 37.3 Å². The van der Waals surface area contributed by atoms with Crippen LogP contribution in [-0.4, -0.2) is 59.7 Å². The van der Waals surface area contributed by atoms with Crippen LogP contribution in [0.25, 0.3) is 16.9 Å². The highest BCUT2D eigenvalue weighted by atomic mass is 32.2. The van der Waals surface area contributed by atoms with Gasteiger partial charge in [0.05, 0.1) is 22.5 Å². The molecular weight excluding hydrogens is 476 g/mol. The van der Waals surface area contributed by atoms with Crippen LogP contribution < -0.4 is 20.3 Å². The first-order valence-corrected chi connectivity index (χ1v) is 13.4. The molecule has 0 spiro atoms. The summed E-state index contributed by atoms with van der Waals surface area (Å²) in [6, 6.07) is 16.4. The predicted octanol–water partition coefficient (Wildman–Crippen LogP) is 3.02. The second-order valence-electron chi connectivity index (χ2n) is 9.76. The Morgan fingerprint density at radius 1 is 1.00 bits per heavy atom. The van der Waals surface area contributed by atoms with Gasteiger partial charge in [0.1, 0.15) is 5.82 Å². The maximum atomic E-state index is 12.9. The van der Waals surface area contributed by atoms with Crippen molar-refractivity contribution in [3.8, 4) is 11.3 Å². The van der Waals surface area contributed by atoms with Crippen molar-refractivity contribution in [2.45, 2.75) is 31.2 Å². The molecule has 0 unspecified atom stereocenters. The van der Waals surface area contributed by atoms with Crippen LogP contribution >= 0.6 is 0 Å². The standard InChI is InChI=1S/C25H30N8O2S/c1-25(2,3)31-36(34,35)20-7-4-6-18(16-20)21-8-5-9-23-29-24(30-33(21)23)28-22-11-10-19(17-27-22)32-14-12-26-13-15-32/h4-11,16-17,26,31H,12-15H2,1-3H3,(H,27,28,30). The predicted molar refractivity (Wildman–Crippen MR) is 141 cm³/mol. The van der Waals surface area contributed by atoms with E-state index < -0.39 is 15.6 Å². The van der Waals surface area contributed by atoms with Gasteiger partial charge in [-0.25, -0.2) is 22.6 Å². The molecule has 1 aliphatic rings. The van der Waals surface area contributed by atoms with E-state index in [1.165, 1.54) is 0 Å². The lowest BCUT2D eigenvalue weighted by Gasteiger charge is -2.29. The van der Waals surface area contributed by atoms with E-state index in [9.17, 15) is 8.42 Å². The molecule has 5 rings (SSSR count). The summed E-state index contributed by atoms with van der Waals surface area (Å²) in [5.74, 6) is 1.05. The van der Waals surface area contributed by atoms with Gasteiger partial charge in [-0.3, -0.25) is 0 Å². The Balaban J connectivity index is 1.41. The van der Waals surface area contributed by atoms with Crippen LogP contribution in [0.2, 0.25) is 0 Å². The molecule has 0 amide bonds. The molecule has 4 aromatic rings. The highest BCUT2D eigenvalue weighted by Gasteiger charge is 2.22. The second kappa shape index (κ2) is 9.49. The molecule has 1 fully saturated rings. The number of hydrogen-bond donors (Lipinski definition) is 3. The Morgan fingerprint density at radius 2 is 1.78 bits per heavy atom. The summed E-state index contributed by atoms with van der Waals surface area (Å²) in [4.78, 5) is 11.6. The zero-order valence-electron chi connectivity index (χ0n) is 20.6. The van der Waals surface area contributed by atoms with Crippen molar-refractivity contribution in [2.24, 2.45) is 0 Å². The Labute approximate surface area is 210 Å². The maximum absolute atomic E-state index is 12.9. The largest absolute Gasteiger partial charge is 0.368 e. The van der Waals surface area contributed by atoms with Crippen molar-refractivity contribution in [3.63, 3.8) is 0 Å². The lowest BCUT2D eigenvalue weighted by atomic mass is 10.1. The van der Waals surface area contributed by atoms with Gasteiger partial charge in [-0.15, -0.1) is 5.10 Å². The summed E-state index contributed by atoms with van der Waals surface area (Å²) in [5, 5.41) is 11.1. The molecule has 36 heavy (non-hydrogen) atoms. The number of hydrogen-bond acceptors (Lipinski definition) is 8. The van der Waals surface area contributed by atoms with Gasteiger partial charge in [0.25, 0.3) is 0 Å². The van der Waals surface area contributed by atoms with E-state index in [0.29, 0.717) is 23.0 Å². The van der Waals surface area contributed by atoms with E-state index in [1.807, 2.05) is 63.4 Å². The van der Waals surface area contributed by atoms with Gasteiger partial charge in [-0.2, -0.15) is 4.98 Å². The first-order chi connectivity index (χ1) is 17.2. The summed E-state index contributed by atoms with van der Waals surface area (Å²) in [5.41, 5.74) is 2.57. The average Bonchev–Trinajstić information content (AvgIpc) is 3.26. The van der Waals surface area contributed by atoms with Crippen LogP contribution in [0.4, 0.5) is 17.5 Å². The number of anilines is 3. The van der Waals surface area contributed by atoms with E-state index in [4.69, 9.17) is 0 Å². The number of nitrogens with one attached hydrogen (secondary N) is 3. The van der Waals surface area contributed by atoms with Gasteiger partial charge in [0.15, 0.2) is 5.65 Å². The number of rotatable bonds is 6. The zero-order chi connectivity index (χ0) is 25.3. The number of piperazine rings is 1. The number of pyridine rings is 2. The quantitative estimate of drug-likeness (QED) is 0.365. The van der Waals surface area contributed by atoms with Crippen LogP contribution in [0.1, 0.15) is 20.8 Å². The van der Waals surface area contributed by atoms with Gasteiger partial charge < -0.3 is 15.5 Å². The van der Waals surface area contributed by atoms with Crippen molar-refractivity contribution in [2.75, 3.05) is 36.4 Å². The molecule has 1 aromatic carbocycles. The molecule has 10 nitrogen and oxygen atoms in total. The second-order valence-corrected chi connectivity index (χ2v) is 11.4. The fourth-order valence-electron chi connectivity index (χ4n) is 4.15. The van der Waals surface area contributed by atoms with Crippen LogP contribution in [0.5, 0.6) is 0 Å². The normalized spacial score (nSPS) is 14.8. The highest BCUT2D eigenvalue weighted by molar-refractivity contribution is 7.89. The molecule has 4 heterocycles. The molecule has 1 aliphatic heterocycles. The summed E-state index contributed by atoms with van der Waals surface area (Å²) in [6.45, 7) is 9.29. The van der Waals surface area contributed by atoms with Crippen molar-refractivity contribution < 1.29 is 8.42 Å². The third-order valence-corrected chi connectivity index (χ3v) is 7.47. The Hall–Kier alpha value is -3.54. The Kier molecular flexibility index (Phi) is 6.37. The molecule has 1 saturated heterocycles. The highest BCUT2D eigenvalue weighted by Crippen LogP contribution is 2.25. The average molecular weight is 507 g/mol. The third kappa shape index (κ3) is 5.32. The van der Waals surface area contributed by atoms with Crippen LogP contribution in [0.15, 0.2) is 65.7 Å². The van der Waals surface area contributed by atoms with Crippen molar-refractivity contribution in [3.05, 3.63) is 60.8 Å². The van der Waals surface area contributed by atoms with Gasteiger partial charge in [-0.05, 0) is 57.2 Å². The third-order valence-electron chi connectivity index (χ3n) is 5.71. The van der Waals surface area contributed by atoms with Gasteiger partial charge >= 0.3 is 0 Å². The number of fused-ring (bicyclic) bond motifs is 1. The van der Waals surface area contributed by atoms with Crippen LogP contribution in [0, 0.1) is 0 Å². The SMILES string of the molecule is CC(C)(C)NS(=O)(=O)c1cccc(-c2cccc3nc(Nc4ccc(N5CCNCC5)cn4)nn23)c1. The van der Waals surface area contributed by atoms with Crippen LogP contribution in [0.3, 0.4) is 0 Å². The summed E-state index contributed by atoms with van der Waals surface area (Å²) in [7, 11) is -3.67. The molecular formula is C25H30N8O2S. The van der Waals surface area contributed by atoms with Gasteiger partial charge in [0.2, 0.25) is 16.0 Å². The molecule has 11 heteroatoms. The number of benzene rings is 1. The molecule has 188 valence electrons. The molecule has 0 radical (unpaired) electrons. The molecule has 0 atom stereocenters. The lowest BCUT2D eigenvalue weighted by molar-refractivity contribution is 0.491. The minimum absolute atomic E-state index is 0.194. The molecule has 0 aliphatic carbocycles. The van der Waals surface area contributed by atoms with Crippen molar-refractivity contribution in [1.82, 2.24) is 29.6 Å². The first-order valence-electron chi connectivity index (χ1n) is 11.9. The molecule has 0 bridgehead atoms. The fourth-order valence-corrected chi connectivity index (χ4v) is 5.61. The molecule has 3 N–H and O–H groups in total. The van der Waals surface area contributed by atoms with Gasteiger partial charge in [-0.1, -0.05) is 18.2 Å². The van der Waals surface area contributed by atoms with Crippen molar-refractivity contribution >= 4 is 33.1 Å². The minimum atomic E-state index is -3.67. The monoisotopic (exact) mass is 506 g/mol. The van der Waals surface area contributed by atoms with Crippen LogP contribution in [-0.2, 0) is 10.0 Å². The molecule has 3 aromatic heterocycles. The lowest BCUT2D eigenvalue weighted by Crippen LogP contribution is -2.43. The smallest absolute Gasteiger partial charge is 0.248 e. The fraction of sp³-hybridized carbons (Fsp3) is 0.320. The number of sulfonamides is 1. The van der Waals surface area contributed by atoms with E-state index in [2.05, 4.69) is 35.3 Å². The number of aromatic nitrogens is 4. The summed E-state index contributed by atoms with van der Waals surface area (Å²) >= 11 is 0. The number of nitrogens with zero attached hydrogens (tertiary/aromatic N) is 5. The minimum Gasteiger partial charge on any atom is -0.368 e. The first kappa shape index (κ1) is 24.2. The Morgan fingerprint density at radius 3 is 2.50 bits per heavy atom. The maximum Gasteiger partial charge on any atom is 0.248 e. The Bertz CT molecular complexity index is 1470. The summed E-state index contributed by atoms with van der Waals surface area (Å²) < 4.78 is 30.1. The van der Waals surface area contributed by atoms with E-state index >= 15 is 0 Å². The molecule has 0 saturated carbocycles.